The van der Waals surface area contributed by atoms with Crippen molar-refractivity contribution in [3.8, 4) is 5.75 Å². The van der Waals surface area contributed by atoms with Crippen molar-refractivity contribution in [1.82, 2.24) is 0 Å². The SMILES string of the molecule is CCOc1ccc(C(=O)c2oc3ccccc3c2NCC(C)C)cc1. The highest BCUT2D eigenvalue weighted by molar-refractivity contribution is 6.14. The average Bonchev–Trinajstić information content (AvgIpc) is 2.99. The molecule has 1 aromatic heterocycles. The van der Waals surface area contributed by atoms with Gasteiger partial charge in [0.05, 0.1) is 12.3 Å². The summed E-state index contributed by atoms with van der Waals surface area (Å²) in [4.78, 5) is 13.0. The molecule has 0 aliphatic heterocycles. The maximum atomic E-state index is 13.0. The predicted molar refractivity (Wildman–Crippen MR) is 101 cm³/mol. The van der Waals surface area contributed by atoms with Crippen LogP contribution in [0.25, 0.3) is 11.0 Å². The second-order valence-corrected chi connectivity index (χ2v) is 6.36. The first-order valence-electron chi connectivity index (χ1n) is 8.63. The first kappa shape index (κ1) is 17.1. The molecule has 0 spiro atoms. The molecule has 3 aromatic rings. The van der Waals surface area contributed by atoms with E-state index in [0.717, 1.165) is 23.4 Å². The molecule has 0 bridgehead atoms. The lowest BCUT2D eigenvalue weighted by Crippen LogP contribution is -2.11. The van der Waals surface area contributed by atoms with Crippen LogP contribution in [0, 0.1) is 5.92 Å². The number of nitrogens with one attached hydrogen (secondary N) is 1. The summed E-state index contributed by atoms with van der Waals surface area (Å²) >= 11 is 0. The molecule has 0 aliphatic rings. The van der Waals surface area contributed by atoms with Gasteiger partial charge in [0.1, 0.15) is 11.3 Å². The minimum absolute atomic E-state index is 0.134. The predicted octanol–water partition coefficient (Wildman–Crippen LogP) is 5.13. The van der Waals surface area contributed by atoms with E-state index in [1.54, 1.807) is 24.3 Å². The Labute approximate surface area is 147 Å². The normalized spacial score (nSPS) is 11.0. The fourth-order valence-electron chi connectivity index (χ4n) is 2.69. The summed E-state index contributed by atoms with van der Waals surface area (Å²) in [6.07, 6.45) is 0. The molecular weight excluding hydrogens is 314 g/mol. The van der Waals surface area contributed by atoms with Gasteiger partial charge in [-0.2, -0.15) is 0 Å². The fraction of sp³-hybridized carbons (Fsp3) is 0.286. The van der Waals surface area contributed by atoms with E-state index in [4.69, 9.17) is 9.15 Å². The lowest BCUT2D eigenvalue weighted by Gasteiger charge is -2.09. The van der Waals surface area contributed by atoms with Gasteiger partial charge in [-0.1, -0.05) is 26.0 Å². The van der Waals surface area contributed by atoms with Gasteiger partial charge in [-0.15, -0.1) is 0 Å². The highest BCUT2D eigenvalue weighted by Crippen LogP contribution is 2.32. The van der Waals surface area contributed by atoms with Crippen molar-refractivity contribution < 1.29 is 13.9 Å². The van der Waals surface area contributed by atoms with Crippen molar-refractivity contribution in [3.63, 3.8) is 0 Å². The zero-order chi connectivity index (χ0) is 17.8. The molecule has 0 unspecified atom stereocenters. The number of hydrogen-bond donors (Lipinski definition) is 1. The Balaban J connectivity index is 1.98. The van der Waals surface area contributed by atoms with E-state index in [1.807, 2.05) is 31.2 Å². The van der Waals surface area contributed by atoms with Crippen molar-refractivity contribution in [2.75, 3.05) is 18.5 Å². The number of rotatable bonds is 7. The van der Waals surface area contributed by atoms with Crippen molar-refractivity contribution in [2.45, 2.75) is 20.8 Å². The largest absolute Gasteiger partial charge is 0.494 e. The van der Waals surface area contributed by atoms with E-state index in [0.29, 0.717) is 29.4 Å². The second-order valence-electron chi connectivity index (χ2n) is 6.36. The summed E-state index contributed by atoms with van der Waals surface area (Å²) in [6, 6.07) is 14.9. The molecule has 0 aliphatic carbocycles. The maximum Gasteiger partial charge on any atom is 0.230 e. The second kappa shape index (κ2) is 7.43. The first-order chi connectivity index (χ1) is 12.1. The first-order valence-corrected chi connectivity index (χ1v) is 8.63. The van der Waals surface area contributed by atoms with Crippen LogP contribution < -0.4 is 10.1 Å². The quantitative estimate of drug-likeness (QED) is 0.607. The third kappa shape index (κ3) is 3.68. The third-order valence-corrected chi connectivity index (χ3v) is 3.92. The maximum absolute atomic E-state index is 13.0. The van der Waals surface area contributed by atoms with E-state index >= 15 is 0 Å². The Bertz CT molecular complexity index is 862. The molecule has 0 atom stereocenters. The van der Waals surface area contributed by atoms with E-state index in [9.17, 15) is 4.79 Å². The van der Waals surface area contributed by atoms with Gasteiger partial charge in [0, 0.05) is 17.5 Å². The molecule has 2 aromatic carbocycles. The molecule has 1 heterocycles. The van der Waals surface area contributed by atoms with E-state index in [2.05, 4.69) is 19.2 Å². The van der Waals surface area contributed by atoms with E-state index in [-0.39, 0.29) is 5.78 Å². The monoisotopic (exact) mass is 337 g/mol. The molecule has 4 heteroatoms. The van der Waals surface area contributed by atoms with Crippen LogP contribution in [0.4, 0.5) is 5.69 Å². The van der Waals surface area contributed by atoms with Gasteiger partial charge in [-0.3, -0.25) is 4.79 Å². The highest BCUT2D eigenvalue weighted by atomic mass is 16.5. The van der Waals surface area contributed by atoms with Gasteiger partial charge in [0.15, 0.2) is 5.76 Å². The number of fused-ring (bicyclic) bond motifs is 1. The number of furan rings is 1. The molecule has 130 valence electrons. The Hall–Kier alpha value is -2.75. The molecule has 0 fully saturated rings. The molecule has 25 heavy (non-hydrogen) atoms. The lowest BCUT2D eigenvalue weighted by molar-refractivity contribution is 0.101. The van der Waals surface area contributed by atoms with Crippen molar-refractivity contribution in [3.05, 3.63) is 59.9 Å². The zero-order valence-electron chi connectivity index (χ0n) is 14.8. The van der Waals surface area contributed by atoms with Crippen LogP contribution in [-0.2, 0) is 0 Å². The summed E-state index contributed by atoms with van der Waals surface area (Å²) in [6.45, 7) is 7.56. The standard InChI is InChI=1S/C21H23NO3/c1-4-24-16-11-9-15(10-12-16)20(23)21-19(22-13-14(2)3)17-7-5-6-8-18(17)25-21/h5-12,14,22H,4,13H2,1-3H3. The molecule has 4 nitrogen and oxygen atoms in total. The molecule has 0 saturated heterocycles. The Kier molecular flexibility index (Phi) is 5.08. The number of ether oxygens (including phenoxy) is 1. The smallest absolute Gasteiger partial charge is 0.230 e. The van der Waals surface area contributed by atoms with Crippen LogP contribution in [0.5, 0.6) is 5.75 Å². The third-order valence-electron chi connectivity index (χ3n) is 3.92. The zero-order valence-corrected chi connectivity index (χ0v) is 14.8. The van der Waals surface area contributed by atoms with Crippen LogP contribution in [0.15, 0.2) is 52.9 Å². The minimum Gasteiger partial charge on any atom is -0.494 e. The van der Waals surface area contributed by atoms with Gasteiger partial charge in [0.25, 0.3) is 0 Å². The molecule has 0 amide bonds. The van der Waals surface area contributed by atoms with Crippen LogP contribution in [-0.4, -0.2) is 18.9 Å². The summed E-state index contributed by atoms with van der Waals surface area (Å²) in [5.74, 6) is 1.43. The molecule has 0 saturated carbocycles. The Morgan fingerprint density at radius 1 is 1.12 bits per heavy atom. The number of para-hydroxylation sites is 1. The Morgan fingerprint density at radius 3 is 2.52 bits per heavy atom. The summed E-state index contributed by atoms with van der Waals surface area (Å²) < 4.78 is 11.3. The van der Waals surface area contributed by atoms with Crippen LogP contribution in [0.1, 0.15) is 36.9 Å². The number of ketones is 1. The molecule has 3 rings (SSSR count). The number of carbonyl (C=O) groups is 1. The summed E-state index contributed by atoms with van der Waals surface area (Å²) in [5, 5.41) is 4.31. The van der Waals surface area contributed by atoms with Crippen molar-refractivity contribution in [2.24, 2.45) is 5.92 Å². The topological polar surface area (TPSA) is 51.5 Å². The number of carbonyl (C=O) groups excluding carboxylic acids is 1. The number of hydrogen-bond acceptors (Lipinski definition) is 4. The van der Waals surface area contributed by atoms with Gasteiger partial charge in [0.2, 0.25) is 5.78 Å². The van der Waals surface area contributed by atoms with E-state index in [1.165, 1.54) is 0 Å². The van der Waals surface area contributed by atoms with Gasteiger partial charge in [-0.05, 0) is 49.2 Å². The molecule has 0 radical (unpaired) electrons. The highest BCUT2D eigenvalue weighted by Gasteiger charge is 2.22. The van der Waals surface area contributed by atoms with Crippen molar-refractivity contribution in [1.29, 1.82) is 0 Å². The average molecular weight is 337 g/mol. The van der Waals surface area contributed by atoms with Gasteiger partial charge < -0.3 is 14.5 Å². The number of anilines is 1. The molecular formula is C21H23NO3. The van der Waals surface area contributed by atoms with Crippen molar-refractivity contribution >= 4 is 22.4 Å². The van der Waals surface area contributed by atoms with Crippen LogP contribution >= 0.6 is 0 Å². The minimum atomic E-state index is -0.134. The van der Waals surface area contributed by atoms with Gasteiger partial charge >= 0.3 is 0 Å². The summed E-state index contributed by atoms with van der Waals surface area (Å²) in [5.41, 5.74) is 2.06. The lowest BCUT2D eigenvalue weighted by atomic mass is 10.1. The molecule has 1 N–H and O–H groups in total. The van der Waals surface area contributed by atoms with Gasteiger partial charge in [-0.25, -0.2) is 0 Å². The summed E-state index contributed by atoms with van der Waals surface area (Å²) in [7, 11) is 0. The fourth-order valence-corrected chi connectivity index (χ4v) is 2.69. The van der Waals surface area contributed by atoms with Crippen LogP contribution in [0.3, 0.4) is 0 Å². The van der Waals surface area contributed by atoms with E-state index < -0.39 is 0 Å². The van der Waals surface area contributed by atoms with Crippen LogP contribution in [0.2, 0.25) is 0 Å². The number of benzene rings is 2. The Morgan fingerprint density at radius 2 is 1.84 bits per heavy atom.